The van der Waals surface area contributed by atoms with Gasteiger partial charge in [-0.1, -0.05) is 34.8 Å². The lowest BCUT2D eigenvalue weighted by Gasteiger charge is -2.07. The SMILES string of the molecule is CCn1cc(C(=O)C(Cl)(Cl)Cl)c(C)n1. The molecular formula is C8H9Cl3N2O. The third-order valence-electron chi connectivity index (χ3n) is 1.77. The van der Waals surface area contributed by atoms with Gasteiger partial charge < -0.3 is 0 Å². The maximum absolute atomic E-state index is 11.6. The first-order valence-electron chi connectivity index (χ1n) is 4.01. The van der Waals surface area contributed by atoms with Crippen molar-refractivity contribution < 1.29 is 4.79 Å². The maximum Gasteiger partial charge on any atom is 0.253 e. The van der Waals surface area contributed by atoms with Crippen LogP contribution >= 0.6 is 34.8 Å². The molecule has 0 aliphatic heterocycles. The highest BCUT2D eigenvalue weighted by atomic mass is 35.6. The number of carbonyl (C=O) groups excluding carboxylic acids is 1. The zero-order valence-corrected chi connectivity index (χ0v) is 9.99. The Kier molecular flexibility index (Phi) is 3.45. The molecule has 1 heterocycles. The van der Waals surface area contributed by atoms with Crippen LogP contribution in [-0.2, 0) is 6.54 Å². The summed E-state index contributed by atoms with van der Waals surface area (Å²) < 4.78 is -0.286. The molecule has 14 heavy (non-hydrogen) atoms. The number of alkyl halides is 3. The molecule has 0 saturated heterocycles. The van der Waals surface area contributed by atoms with E-state index in [1.807, 2.05) is 6.92 Å². The van der Waals surface area contributed by atoms with Gasteiger partial charge in [-0.25, -0.2) is 0 Å². The van der Waals surface area contributed by atoms with E-state index in [1.54, 1.807) is 17.8 Å². The normalized spacial score (nSPS) is 11.8. The van der Waals surface area contributed by atoms with E-state index in [1.165, 1.54) is 0 Å². The molecule has 1 rings (SSSR count). The van der Waals surface area contributed by atoms with E-state index >= 15 is 0 Å². The van der Waals surface area contributed by atoms with Gasteiger partial charge in [0.1, 0.15) is 0 Å². The molecule has 0 fully saturated rings. The van der Waals surface area contributed by atoms with Gasteiger partial charge in [0.15, 0.2) is 0 Å². The smallest absolute Gasteiger partial charge is 0.253 e. The van der Waals surface area contributed by atoms with Gasteiger partial charge >= 0.3 is 0 Å². The number of halogens is 3. The number of nitrogens with zero attached hydrogens (tertiary/aromatic N) is 2. The predicted molar refractivity (Wildman–Crippen MR) is 57.3 cm³/mol. The minimum absolute atomic E-state index is 0.354. The molecule has 1 aromatic rings. The summed E-state index contributed by atoms with van der Waals surface area (Å²) in [6.45, 7) is 4.29. The molecule has 0 N–H and O–H groups in total. The third-order valence-corrected chi connectivity index (χ3v) is 2.29. The molecule has 0 aromatic carbocycles. The van der Waals surface area contributed by atoms with Gasteiger partial charge in [0.05, 0.1) is 11.3 Å². The third kappa shape index (κ3) is 2.41. The molecule has 0 aliphatic rings. The van der Waals surface area contributed by atoms with E-state index in [2.05, 4.69) is 5.10 Å². The summed E-state index contributed by atoms with van der Waals surface area (Å²) in [7, 11) is 0. The van der Waals surface area contributed by atoms with Gasteiger partial charge in [-0.3, -0.25) is 9.48 Å². The van der Waals surface area contributed by atoms with Crippen LogP contribution in [-0.4, -0.2) is 19.4 Å². The molecule has 0 bridgehead atoms. The molecule has 78 valence electrons. The number of aromatic nitrogens is 2. The highest BCUT2D eigenvalue weighted by molar-refractivity contribution is 6.77. The van der Waals surface area contributed by atoms with Gasteiger partial charge in [-0.2, -0.15) is 5.10 Å². The quantitative estimate of drug-likeness (QED) is 0.602. The van der Waals surface area contributed by atoms with E-state index < -0.39 is 9.58 Å². The number of Topliss-reactive ketones (excluding diaryl/α,β-unsaturated/α-hetero) is 1. The van der Waals surface area contributed by atoms with Crippen LogP contribution in [0.15, 0.2) is 6.20 Å². The Morgan fingerprint density at radius 2 is 2.14 bits per heavy atom. The molecule has 0 unspecified atom stereocenters. The molecule has 0 atom stereocenters. The van der Waals surface area contributed by atoms with Crippen LogP contribution in [0, 0.1) is 6.92 Å². The lowest BCUT2D eigenvalue weighted by Crippen LogP contribution is -2.19. The van der Waals surface area contributed by atoms with Gasteiger partial charge in [0, 0.05) is 12.7 Å². The minimum atomic E-state index is -1.91. The van der Waals surface area contributed by atoms with Crippen molar-refractivity contribution in [1.82, 2.24) is 9.78 Å². The monoisotopic (exact) mass is 254 g/mol. The molecule has 3 nitrogen and oxygen atoms in total. The average Bonchev–Trinajstić information content (AvgIpc) is 2.43. The van der Waals surface area contributed by atoms with E-state index in [4.69, 9.17) is 34.8 Å². The summed E-state index contributed by atoms with van der Waals surface area (Å²) in [5.74, 6) is -0.542. The summed E-state index contributed by atoms with van der Waals surface area (Å²) >= 11 is 16.5. The summed E-state index contributed by atoms with van der Waals surface area (Å²) in [4.78, 5) is 11.6. The summed E-state index contributed by atoms with van der Waals surface area (Å²) in [6, 6.07) is 0. The van der Waals surface area contributed by atoms with Crippen LogP contribution < -0.4 is 0 Å². The van der Waals surface area contributed by atoms with Crippen molar-refractivity contribution in [1.29, 1.82) is 0 Å². The van der Waals surface area contributed by atoms with Crippen LogP contribution in [0.4, 0.5) is 0 Å². The fourth-order valence-corrected chi connectivity index (χ4v) is 1.36. The average molecular weight is 256 g/mol. The van der Waals surface area contributed by atoms with E-state index in [-0.39, 0.29) is 0 Å². The van der Waals surface area contributed by atoms with Crippen LogP contribution in [0.5, 0.6) is 0 Å². The fourth-order valence-electron chi connectivity index (χ4n) is 1.06. The van der Waals surface area contributed by atoms with Crippen LogP contribution in [0.3, 0.4) is 0 Å². The first kappa shape index (κ1) is 11.8. The zero-order chi connectivity index (χ0) is 10.9. The highest BCUT2D eigenvalue weighted by Gasteiger charge is 2.33. The Balaban J connectivity index is 3.07. The van der Waals surface area contributed by atoms with E-state index in [0.717, 1.165) is 0 Å². The highest BCUT2D eigenvalue weighted by Crippen LogP contribution is 2.31. The molecule has 1 aromatic heterocycles. The Morgan fingerprint density at radius 3 is 2.50 bits per heavy atom. The number of ketones is 1. The van der Waals surface area contributed by atoms with Crippen molar-refractivity contribution in [3.8, 4) is 0 Å². The van der Waals surface area contributed by atoms with Crippen molar-refractivity contribution in [2.24, 2.45) is 0 Å². The number of carbonyl (C=O) groups is 1. The van der Waals surface area contributed by atoms with Crippen molar-refractivity contribution in [2.45, 2.75) is 24.2 Å². The van der Waals surface area contributed by atoms with Crippen molar-refractivity contribution in [2.75, 3.05) is 0 Å². The van der Waals surface area contributed by atoms with Gasteiger partial charge in [-0.15, -0.1) is 0 Å². The van der Waals surface area contributed by atoms with Crippen LogP contribution in [0.25, 0.3) is 0 Å². The Morgan fingerprint density at radius 1 is 1.57 bits per heavy atom. The Labute approximate surface area is 96.9 Å². The largest absolute Gasteiger partial charge is 0.289 e. The molecule has 6 heteroatoms. The second-order valence-corrected chi connectivity index (χ2v) is 5.09. The van der Waals surface area contributed by atoms with Gasteiger partial charge in [0.2, 0.25) is 5.78 Å². The molecule has 0 saturated carbocycles. The predicted octanol–water partition coefficient (Wildman–Crippen LogP) is 2.76. The first-order chi connectivity index (χ1) is 6.36. The maximum atomic E-state index is 11.6. The molecule has 0 amide bonds. The Hall–Kier alpha value is -0.250. The van der Waals surface area contributed by atoms with E-state index in [9.17, 15) is 4.79 Å². The molecule has 0 spiro atoms. The second-order valence-electron chi connectivity index (χ2n) is 2.81. The summed E-state index contributed by atoms with van der Waals surface area (Å²) in [5, 5.41) is 4.08. The summed E-state index contributed by atoms with van der Waals surface area (Å²) in [6.07, 6.45) is 1.58. The standard InChI is InChI=1S/C8H9Cl3N2O/c1-3-13-4-6(5(2)12-13)7(14)8(9,10)11/h4H,3H2,1-2H3. The van der Waals surface area contributed by atoms with Crippen molar-refractivity contribution >= 4 is 40.6 Å². The topological polar surface area (TPSA) is 34.9 Å². The number of aryl methyl sites for hydroxylation is 2. The van der Waals surface area contributed by atoms with Crippen LogP contribution in [0.2, 0.25) is 0 Å². The summed E-state index contributed by atoms with van der Waals surface area (Å²) in [5.41, 5.74) is 0.926. The zero-order valence-electron chi connectivity index (χ0n) is 7.72. The Bertz CT molecular complexity index is 354. The first-order valence-corrected chi connectivity index (χ1v) is 5.15. The van der Waals surface area contributed by atoms with Crippen molar-refractivity contribution in [3.63, 3.8) is 0 Å². The minimum Gasteiger partial charge on any atom is -0.289 e. The molecular weight excluding hydrogens is 246 g/mol. The molecule has 0 radical (unpaired) electrons. The number of rotatable bonds is 2. The van der Waals surface area contributed by atoms with Crippen LogP contribution in [0.1, 0.15) is 23.0 Å². The van der Waals surface area contributed by atoms with Gasteiger partial charge in [0.25, 0.3) is 3.79 Å². The van der Waals surface area contributed by atoms with E-state index in [0.29, 0.717) is 17.8 Å². The lowest BCUT2D eigenvalue weighted by molar-refractivity contribution is 0.0995. The second kappa shape index (κ2) is 4.09. The number of hydrogen-bond acceptors (Lipinski definition) is 2. The number of hydrogen-bond donors (Lipinski definition) is 0. The fraction of sp³-hybridized carbons (Fsp3) is 0.500. The molecule has 0 aliphatic carbocycles. The van der Waals surface area contributed by atoms with Crippen molar-refractivity contribution in [3.05, 3.63) is 17.5 Å². The lowest BCUT2D eigenvalue weighted by atomic mass is 10.2. The van der Waals surface area contributed by atoms with Gasteiger partial charge in [-0.05, 0) is 13.8 Å².